The smallest absolute Gasteiger partial charge is 0.143 e. The molecule has 2 nitrogen and oxygen atoms in total. The second-order valence-corrected chi connectivity index (χ2v) is 3.64. The quantitative estimate of drug-likeness (QED) is 0.659. The van der Waals surface area contributed by atoms with E-state index >= 15 is 0 Å². The lowest BCUT2D eigenvalue weighted by molar-refractivity contribution is -0.0798. The molecule has 0 radical (unpaired) electrons. The Labute approximate surface area is 74.9 Å². The van der Waals surface area contributed by atoms with Crippen LogP contribution in [0.1, 0.15) is 45.4 Å². The molecular formula is C10H20O2. The van der Waals surface area contributed by atoms with E-state index in [0.717, 1.165) is 6.42 Å². The molecule has 1 atom stereocenters. The van der Waals surface area contributed by atoms with Crippen LogP contribution < -0.4 is 0 Å². The fourth-order valence-electron chi connectivity index (χ4n) is 2.19. The molecule has 0 aromatic carbocycles. The summed E-state index contributed by atoms with van der Waals surface area (Å²) in [5.74, 6) is 0.705. The third-order valence-corrected chi connectivity index (χ3v) is 2.87. The monoisotopic (exact) mass is 172 g/mol. The van der Waals surface area contributed by atoms with Gasteiger partial charge in [-0.3, -0.25) is 0 Å². The third-order valence-electron chi connectivity index (χ3n) is 2.87. The van der Waals surface area contributed by atoms with Crippen molar-refractivity contribution >= 4 is 0 Å². The van der Waals surface area contributed by atoms with Crippen molar-refractivity contribution in [3.8, 4) is 0 Å². The standard InChI is InChI=1S/C10H20O2/c1-2-10(12-8-11)9-6-4-3-5-7-9/h9-11H,2-8H2,1H3. The van der Waals surface area contributed by atoms with Gasteiger partial charge in [-0.15, -0.1) is 0 Å². The number of hydrogen-bond acceptors (Lipinski definition) is 2. The zero-order valence-electron chi connectivity index (χ0n) is 7.96. The van der Waals surface area contributed by atoms with Crippen LogP contribution in [-0.2, 0) is 4.74 Å². The van der Waals surface area contributed by atoms with Gasteiger partial charge >= 0.3 is 0 Å². The van der Waals surface area contributed by atoms with E-state index in [9.17, 15) is 0 Å². The van der Waals surface area contributed by atoms with E-state index in [4.69, 9.17) is 9.84 Å². The molecule has 12 heavy (non-hydrogen) atoms. The van der Waals surface area contributed by atoms with Crippen molar-refractivity contribution < 1.29 is 9.84 Å². The second-order valence-electron chi connectivity index (χ2n) is 3.64. The number of ether oxygens (including phenoxy) is 1. The molecule has 1 aliphatic rings. The molecule has 0 aromatic rings. The Morgan fingerprint density at radius 2 is 2.00 bits per heavy atom. The summed E-state index contributed by atoms with van der Waals surface area (Å²) >= 11 is 0. The first-order valence-corrected chi connectivity index (χ1v) is 5.11. The first kappa shape index (κ1) is 10.0. The summed E-state index contributed by atoms with van der Waals surface area (Å²) in [5.41, 5.74) is 0. The maximum atomic E-state index is 8.68. The normalized spacial score (nSPS) is 22.5. The number of aliphatic hydroxyl groups is 1. The highest BCUT2D eigenvalue weighted by Crippen LogP contribution is 2.29. The summed E-state index contributed by atoms with van der Waals surface area (Å²) in [5, 5.41) is 8.68. The molecule has 0 amide bonds. The predicted octanol–water partition coefficient (Wildman–Crippen LogP) is 2.31. The Balaban J connectivity index is 2.29. The van der Waals surface area contributed by atoms with Crippen LogP contribution in [0.5, 0.6) is 0 Å². The maximum absolute atomic E-state index is 8.68. The molecule has 1 fully saturated rings. The fraction of sp³-hybridized carbons (Fsp3) is 1.00. The average molecular weight is 172 g/mol. The van der Waals surface area contributed by atoms with Gasteiger partial charge in [0.1, 0.15) is 6.79 Å². The van der Waals surface area contributed by atoms with Crippen LogP contribution in [0.15, 0.2) is 0 Å². The minimum atomic E-state index is -0.116. The molecule has 1 unspecified atom stereocenters. The first-order chi connectivity index (χ1) is 5.88. The third kappa shape index (κ3) is 2.76. The van der Waals surface area contributed by atoms with Crippen LogP contribution in [0.3, 0.4) is 0 Å². The van der Waals surface area contributed by atoms with E-state index < -0.39 is 0 Å². The van der Waals surface area contributed by atoms with E-state index in [2.05, 4.69) is 6.92 Å². The van der Waals surface area contributed by atoms with Gasteiger partial charge in [0.25, 0.3) is 0 Å². The summed E-state index contributed by atoms with van der Waals surface area (Å²) in [6.07, 6.45) is 7.98. The first-order valence-electron chi connectivity index (χ1n) is 5.11. The Morgan fingerprint density at radius 3 is 2.50 bits per heavy atom. The summed E-state index contributed by atoms with van der Waals surface area (Å²) in [6.45, 7) is 2.02. The van der Waals surface area contributed by atoms with Gasteiger partial charge in [0, 0.05) is 0 Å². The molecule has 0 aromatic heterocycles. The SMILES string of the molecule is CCC(OCO)C1CCCCC1. The van der Waals surface area contributed by atoms with Crippen LogP contribution in [0.2, 0.25) is 0 Å². The van der Waals surface area contributed by atoms with E-state index in [-0.39, 0.29) is 6.79 Å². The van der Waals surface area contributed by atoms with Crippen LogP contribution in [-0.4, -0.2) is 18.0 Å². The Bertz CT molecular complexity index is 106. The van der Waals surface area contributed by atoms with Crippen molar-refractivity contribution in [3.05, 3.63) is 0 Å². The lowest BCUT2D eigenvalue weighted by Gasteiger charge is -2.28. The Hall–Kier alpha value is -0.0800. The molecule has 1 saturated carbocycles. The maximum Gasteiger partial charge on any atom is 0.143 e. The molecule has 2 heteroatoms. The predicted molar refractivity (Wildman–Crippen MR) is 48.8 cm³/mol. The van der Waals surface area contributed by atoms with Crippen molar-refractivity contribution in [1.29, 1.82) is 0 Å². The number of rotatable bonds is 4. The van der Waals surface area contributed by atoms with Gasteiger partial charge in [-0.1, -0.05) is 26.2 Å². The van der Waals surface area contributed by atoms with E-state index in [0.29, 0.717) is 12.0 Å². The van der Waals surface area contributed by atoms with Gasteiger partial charge in [0.05, 0.1) is 6.10 Å². The molecule has 1 aliphatic carbocycles. The molecule has 0 saturated heterocycles. The van der Waals surface area contributed by atoms with Crippen molar-refractivity contribution in [2.45, 2.75) is 51.6 Å². The zero-order valence-corrected chi connectivity index (χ0v) is 7.96. The Morgan fingerprint density at radius 1 is 1.33 bits per heavy atom. The van der Waals surface area contributed by atoms with E-state index in [1.165, 1.54) is 32.1 Å². The average Bonchev–Trinajstić information content (AvgIpc) is 2.15. The molecular weight excluding hydrogens is 152 g/mol. The minimum absolute atomic E-state index is 0.116. The van der Waals surface area contributed by atoms with Gasteiger partial charge in [0.15, 0.2) is 0 Å². The molecule has 0 bridgehead atoms. The van der Waals surface area contributed by atoms with Gasteiger partial charge < -0.3 is 9.84 Å². The highest BCUT2D eigenvalue weighted by molar-refractivity contribution is 4.73. The highest BCUT2D eigenvalue weighted by Gasteiger charge is 2.22. The molecule has 0 heterocycles. The Kier molecular flexibility index (Phi) is 4.62. The molecule has 1 rings (SSSR count). The van der Waals surface area contributed by atoms with Gasteiger partial charge in [-0.05, 0) is 25.2 Å². The van der Waals surface area contributed by atoms with Crippen LogP contribution in [0, 0.1) is 5.92 Å². The van der Waals surface area contributed by atoms with Crippen molar-refractivity contribution in [3.63, 3.8) is 0 Å². The highest BCUT2D eigenvalue weighted by atomic mass is 16.6. The van der Waals surface area contributed by atoms with Gasteiger partial charge in [-0.25, -0.2) is 0 Å². The number of aliphatic hydroxyl groups excluding tert-OH is 1. The molecule has 0 spiro atoms. The molecule has 72 valence electrons. The minimum Gasteiger partial charge on any atom is -0.371 e. The van der Waals surface area contributed by atoms with Crippen molar-refractivity contribution in [2.75, 3.05) is 6.79 Å². The topological polar surface area (TPSA) is 29.5 Å². The summed E-state index contributed by atoms with van der Waals surface area (Å²) in [6, 6.07) is 0. The van der Waals surface area contributed by atoms with Crippen LogP contribution in [0.25, 0.3) is 0 Å². The van der Waals surface area contributed by atoms with E-state index in [1.807, 2.05) is 0 Å². The molecule has 1 N–H and O–H groups in total. The van der Waals surface area contributed by atoms with Crippen molar-refractivity contribution in [1.82, 2.24) is 0 Å². The largest absolute Gasteiger partial charge is 0.371 e. The number of hydrogen-bond donors (Lipinski definition) is 1. The lowest BCUT2D eigenvalue weighted by atomic mass is 9.84. The fourth-order valence-corrected chi connectivity index (χ4v) is 2.19. The zero-order chi connectivity index (χ0) is 8.81. The summed E-state index contributed by atoms with van der Waals surface area (Å²) < 4.78 is 5.29. The van der Waals surface area contributed by atoms with Gasteiger partial charge in [0.2, 0.25) is 0 Å². The van der Waals surface area contributed by atoms with E-state index in [1.54, 1.807) is 0 Å². The summed E-state index contributed by atoms with van der Waals surface area (Å²) in [4.78, 5) is 0. The second kappa shape index (κ2) is 5.55. The van der Waals surface area contributed by atoms with Crippen LogP contribution in [0.4, 0.5) is 0 Å². The van der Waals surface area contributed by atoms with Crippen molar-refractivity contribution in [2.24, 2.45) is 5.92 Å². The lowest BCUT2D eigenvalue weighted by Crippen LogP contribution is -2.25. The molecule has 0 aliphatic heterocycles. The van der Waals surface area contributed by atoms with Gasteiger partial charge in [-0.2, -0.15) is 0 Å². The summed E-state index contributed by atoms with van der Waals surface area (Å²) in [7, 11) is 0. The van der Waals surface area contributed by atoms with Crippen LogP contribution >= 0.6 is 0 Å².